The highest BCUT2D eigenvalue weighted by molar-refractivity contribution is 14.0. The fraction of sp³-hybridized carbons (Fsp3) is 0.278. The van der Waals surface area contributed by atoms with Crippen LogP contribution in [0.3, 0.4) is 0 Å². The predicted molar refractivity (Wildman–Crippen MR) is 108 cm³/mol. The van der Waals surface area contributed by atoms with Gasteiger partial charge in [0.05, 0.1) is 13.2 Å². The number of aliphatic hydroxyl groups is 1. The highest BCUT2D eigenvalue weighted by Crippen LogP contribution is 2.22. The van der Waals surface area contributed by atoms with E-state index in [4.69, 9.17) is 10.8 Å². The summed E-state index contributed by atoms with van der Waals surface area (Å²) in [5.74, 6) is -0.0175. The lowest BCUT2D eigenvalue weighted by molar-refractivity contribution is -0.274. The van der Waals surface area contributed by atoms with Crippen molar-refractivity contribution in [1.82, 2.24) is 5.32 Å². The molecule has 0 unspecified atom stereocenters. The summed E-state index contributed by atoms with van der Waals surface area (Å²) in [6.45, 7) is 0.851. The molecule has 5 nitrogen and oxygen atoms in total. The van der Waals surface area contributed by atoms with Gasteiger partial charge in [-0.1, -0.05) is 36.4 Å². The van der Waals surface area contributed by atoms with Crippen LogP contribution in [0, 0.1) is 0 Å². The summed E-state index contributed by atoms with van der Waals surface area (Å²) in [4.78, 5) is 4.14. The molecule has 0 radical (unpaired) electrons. The number of aliphatic hydroxyl groups excluding tert-OH is 1. The van der Waals surface area contributed by atoms with E-state index in [1.807, 2.05) is 24.3 Å². The lowest BCUT2D eigenvalue weighted by Gasteiger charge is -2.09. The second-order valence-electron chi connectivity index (χ2n) is 5.54. The van der Waals surface area contributed by atoms with Crippen LogP contribution >= 0.6 is 24.0 Å². The Morgan fingerprint density at radius 3 is 2.11 bits per heavy atom. The predicted octanol–water partition coefficient (Wildman–Crippen LogP) is 3.34. The first-order valence-electron chi connectivity index (χ1n) is 7.93. The number of alkyl halides is 3. The molecular formula is C18H21F3IN3O2. The van der Waals surface area contributed by atoms with E-state index in [0.29, 0.717) is 12.1 Å². The van der Waals surface area contributed by atoms with Crippen LogP contribution in [0.25, 0.3) is 0 Å². The fourth-order valence-electron chi connectivity index (χ4n) is 2.18. The van der Waals surface area contributed by atoms with Crippen LogP contribution in [-0.2, 0) is 19.6 Å². The minimum absolute atomic E-state index is 0. The van der Waals surface area contributed by atoms with Crippen molar-refractivity contribution in [3.05, 3.63) is 65.2 Å². The molecule has 0 amide bonds. The van der Waals surface area contributed by atoms with E-state index >= 15 is 0 Å². The number of nitrogens with zero attached hydrogens (tertiary/aromatic N) is 1. The van der Waals surface area contributed by atoms with Crippen molar-refractivity contribution in [1.29, 1.82) is 0 Å². The Hall–Kier alpha value is -2.01. The molecule has 27 heavy (non-hydrogen) atoms. The summed E-state index contributed by atoms with van der Waals surface area (Å²) in [6.07, 6.45) is -3.96. The number of hydrogen-bond donors (Lipinski definition) is 3. The average Bonchev–Trinajstić information content (AvgIpc) is 2.60. The number of nitrogens with two attached hydrogens (primary N) is 1. The third-order valence-corrected chi connectivity index (χ3v) is 3.51. The molecule has 0 saturated heterocycles. The van der Waals surface area contributed by atoms with Gasteiger partial charge in [0, 0.05) is 6.54 Å². The Labute approximate surface area is 172 Å². The number of halogens is 4. The summed E-state index contributed by atoms with van der Waals surface area (Å²) < 4.78 is 40.1. The van der Waals surface area contributed by atoms with Crippen LogP contribution < -0.4 is 15.8 Å². The smallest absolute Gasteiger partial charge is 0.406 e. The first-order valence-corrected chi connectivity index (χ1v) is 7.93. The molecule has 2 aromatic carbocycles. The van der Waals surface area contributed by atoms with Gasteiger partial charge in [-0.2, -0.15) is 0 Å². The highest BCUT2D eigenvalue weighted by Gasteiger charge is 2.30. The van der Waals surface area contributed by atoms with Gasteiger partial charge < -0.3 is 20.9 Å². The standard InChI is InChI=1S/C18H20F3N3O2.HI/c19-18(20,21)26-16-7-5-14(6-8-16)11-24-17(22)23-10-9-13-1-3-15(12-25)4-2-13;/h1-8,25H,9-12H2,(H3,22,23,24);1H. The van der Waals surface area contributed by atoms with Crippen molar-refractivity contribution >= 4 is 29.9 Å². The number of guanidine groups is 1. The van der Waals surface area contributed by atoms with Gasteiger partial charge in [-0.05, 0) is 35.2 Å². The monoisotopic (exact) mass is 495 g/mol. The Morgan fingerprint density at radius 2 is 1.56 bits per heavy atom. The maximum atomic E-state index is 12.1. The molecule has 0 aliphatic carbocycles. The molecule has 0 aliphatic rings. The molecule has 2 rings (SSSR count). The van der Waals surface area contributed by atoms with Crippen LogP contribution in [0.2, 0.25) is 0 Å². The van der Waals surface area contributed by atoms with Crippen LogP contribution in [0.15, 0.2) is 53.5 Å². The van der Waals surface area contributed by atoms with Gasteiger partial charge >= 0.3 is 6.36 Å². The number of aliphatic imine (C=N–C) groups is 1. The number of benzene rings is 2. The average molecular weight is 495 g/mol. The third kappa shape index (κ3) is 8.96. The first kappa shape index (κ1) is 23.0. The quantitative estimate of drug-likeness (QED) is 0.313. The van der Waals surface area contributed by atoms with Crippen molar-refractivity contribution in [2.45, 2.75) is 25.9 Å². The Morgan fingerprint density at radius 1 is 1.00 bits per heavy atom. The van der Waals surface area contributed by atoms with Crippen LogP contribution in [0.5, 0.6) is 5.75 Å². The van der Waals surface area contributed by atoms with Crippen molar-refractivity contribution < 1.29 is 23.0 Å². The van der Waals surface area contributed by atoms with Crippen LogP contribution in [0.4, 0.5) is 13.2 Å². The molecular weight excluding hydrogens is 474 g/mol. The van der Waals surface area contributed by atoms with E-state index in [1.54, 1.807) is 0 Å². The van der Waals surface area contributed by atoms with Gasteiger partial charge in [0.25, 0.3) is 0 Å². The number of nitrogens with one attached hydrogen (secondary N) is 1. The summed E-state index contributed by atoms with van der Waals surface area (Å²) in [5.41, 5.74) is 8.44. The summed E-state index contributed by atoms with van der Waals surface area (Å²) in [5, 5.41) is 12.0. The molecule has 0 heterocycles. The van der Waals surface area contributed by atoms with Crippen molar-refractivity contribution in [3.63, 3.8) is 0 Å². The van der Waals surface area contributed by atoms with Crippen LogP contribution in [0.1, 0.15) is 16.7 Å². The maximum absolute atomic E-state index is 12.1. The zero-order chi connectivity index (χ0) is 19.0. The summed E-state index contributed by atoms with van der Waals surface area (Å²) >= 11 is 0. The van der Waals surface area contributed by atoms with E-state index in [9.17, 15) is 13.2 Å². The minimum atomic E-state index is -4.70. The van der Waals surface area contributed by atoms with Crippen molar-refractivity contribution in [2.75, 3.05) is 6.54 Å². The number of rotatable bonds is 7. The molecule has 148 valence electrons. The van der Waals surface area contributed by atoms with Crippen LogP contribution in [-0.4, -0.2) is 24.0 Å². The zero-order valence-corrected chi connectivity index (χ0v) is 16.7. The molecule has 0 saturated carbocycles. The number of ether oxygens (including phenoxy) is 1. The van der Waals surface area contributed by atoms with Gasteiger partial charge in [0.2, 0.25) is 0 Å². The molecule has 4 N–H and O–H groups in total. The van der Waals surface area contributed by atoms with Gasteiger partial charge in [0.15, 0.2) is 5.96 Å². The minimum Gasteiger partial charge on any atom is -0.406 e. The largest absolute Gasteiger partial charge is 0.573 e. The molecule has 0 fully saturated rings. The lowest BCUT2D eigenvalue weighted by atomic mass is 10.1. The fourth-order valence-corrected chi connectivity index (χ4v) is 2.18. The van der Waals surface area contributed by atoms with Crippen molar-refractivity contribution in [2.24, 2.45) is 10.7 Å². The molecule has 0 bridgehead atoms. The Balaban J connectivity index is 0.00000364. The normalized spacial score (nSPS) is 11.6. The lowest BCUT2D eigenvalue weighted by Crippen LogP contribution is -2.33. The van der Waals surface area contributed by atoms with Gasteiger partial charge in [-0.25, -0.2) is 4.99 Å². The molecule has 0 aliphatic heterocycles. The van der Waals surface area contributed by atoms with Crippen molar-refractivity contribution in [3.8, 4) is 5.75 Å². The van der Waals surface area contributed by atoms with E-state index in [-0.39, 0.29) is 48.8 Å². The molecule has 0 spiro atoms. The Kier molecular flexibility index (Phi) is 9.36. The molecule has 0 aromatic heterocycles. The van der Waals surface area contributed by atoms with E-state index in [1.165, 1.54) is 24.3 Å². The summed E-state index contributed by atoms with van der Waals surface area (Å²) in [7, 11) is 0. The topological polar surface area (TPSA) is 79.9 Å². The molecule has 9 heteroatoms. The second-order valence-corrected chi connectivity index (χ2v) is 5.54. The van der Waals surface area contributed by atoms with Gasteiger partial charge in [-0.3, -0.25) is 0 Å². The first-order chi connectivity index (χ1) is 12.4. The van der Waals surface area contributed by atoms with E-state index in [0.717, 1.165) is 17.5 Å². The highest BCUT2D eigenvalue weighted by atomic mass is 127. The van der Waals surface area contributed by atoms with E-state index < -0.39 is 6.36 Å². The Bertz CT molecular complexity index is 720. The van der Waals surface area contributed by atoms with E-state index in [2.05, 4.69) is 15.0 Å². The SMILES string of the molecule is I.NC(=NCc1ccc(OC(F)(F)F)cc1)NCCc1ccc(CO)cc1. The molecule has 0 atom stereocenters. The van der Waals surface area contributed by atoms with Gasteiger partial charge in [0.1, 0.15) is 5.75 Å². The maximum Gasteiger partial charge on any atom is 0.573 e. The van der Waals surface area contributed by atoms with Gasteiger partial charge in [-0.15, -0.1) is 37.1 Å². The number of hydrogen-bond acceptors (Lipinski definition) is 3. The second kappa shape index (κ2) is 11.0. The summed E-state index contributed by atoms with van der Waals surface area (Å²) in [6, 6.07) is 13.1. The third-order valence-electron chi connectivity index (χ3n) is 3.51. The molecule has 2 aromatic rings. The zero-order valence-electron chi connectivity index (χ0n) is 14.4.